The van der Waals surface area contributed by atoms with Crippen LogP contribution >= 0.6 is 11.8 Å². The average molecular weight is 394 g/mol. The quantitative estimate of drug-likeness (QED) is 0.593. The van der Waals surface area contributed by atoms with Gasteiger partial charge in [-0.15, -0.1) is 0 Å². The number of benzene rings is 1. The van der Waals surface area contributed by atoms with Crippen molar-refractivity contribution in [2.24, 2.45) is 0 Å². The Bertz CT molecular complexity index is 982. The lowest BCUT2D eigenvalue weighted by molar-refractivity contribution is -0.137. The molecule has 142 valence electrons. The molecule has 2 aromatic heterocycles. The van der Waals surface area contributed by atoms with Crippen LogP contribution in [0.3, 0.4) is 0 Å². The second-order valence-electron chi connectivity index (χ2n) is 5.99. The van der Waals surface area contributed by atoms with Gasteiger partial charge >= 0.3 is 5.97 Å². The summed E-state index contributed by atoms with van der Waals surface area (Å²) in [5.74, 6) is -1.43. The molecule has 0 saturated heterocycles. The summed E-state index contributed by atoms with van der Waals surface area (Å²) in [6, 6.07) is 11.8. The highest BCUT2D eigenvalue weighted by Crippen LogP contribution is 2.25. The first-order chi connectivity index (χ1) is 13.5. The fourth-order valence-corrected chi connectivity index (χ4v) is 3.40. The lowest BCUT2D eigenvalue weighted by Crippen LogP contribution is -2.31. The minimum atomic E-state index is -0.993. The van der Waals surface area contributed by atoms with Gasteiger partial charge in [0, 0.05) is 23.5 Å². The third-order valence-corrected chi connectivity index (χ3v) is 4.85. The number of aromatic nitrogens is 3. The van der Waals surface area contributed by atoms with E-state index >= 15 is 0 Å². The van der Waals surface area contributed by atoms with Crippen molar-refractivity contribution in [3.8, 4) is 0 Å². The molecule has 0 saturated carbocycles. The zero-order chi connectivity index (χ0) is 19.9. The number of amides is 1. The first-order valence-electron chi connectivity index (χ1n) is 8.52. The molecule has 0 bridgehead atoms. The summed E-state index contributed by atoms with van der Waals surface area (Å²) in [5, 5.41) is 12.6. The highest BCUT2D eigenvalue weighted by molar-refractivity contribution is 7.99. The first kappa shape index (κ1) is 19.5. The van der Waals surface area contributed by atoms with Gasteiger partial charge in [-0.2, -0.15) is 0 Å². The van der Waals surface area contributed by atoms with E-state index in [1.807, 2.05) is 31.2 Å². The standard InChI is InChI=1S/C20H18N4O3S/c1-13-5-2-3-6-15(13)16(12-18(25)26)24-19(27)17-11-14(7-10-21-17)28-20-22-8-4-9-23-20/h2-11,16H,12H2,1H3,(H,24,27)(H,25,26)/t16-/m0/s1. The van der Waals surface area contributed by atoms with Crippen LogP contribution in [0.2, 0.25) is 0 Å². The van der Waals surface area contributed by atoms with Gasteiger partial charge in [0.25, 0.3) is 5.91 Å². The molecule has 28 heavy (non-hydrogen) atoms. The number of carbonyl (C=O) groups excluding carboxylic acids is 1. The van der Waals surface area contributed by atoms with Crippen molar-refractivity contribution in [3.05, 3.63) is 77.9 Å². The van der Waals surface area contributed by atoms with E-state index in [9.17, 15) is 14.7 Å². The number of aryl methyl sites for hydroxylation is 1. The Balaban J connectivity index is 1.79. The third-order valence-electron chi connectivity index (χ3n) is 3.96. The molecule has 2 heterocycles. The number of carboxylic acid groups (broad SMARTS) is 1. The Morgan fingerprint density at radius 1 is 1.07 bits per heavy atom. The zero-order valence-corrected chi connectivity index (χ0v) is 15.9. The van der Waals surface area contributed by atoms with Crippen LogP contribution in [0.1, 0.15) is 34.1 Å². The SMILES string of the molecule is Cc1ccccc1[C@H](CC(=O)O)NC(=O)c1cc(Sc2ncccn2)ccn1. The van der Waals surface area contributed by atoms with Crippen molar-refractivity contribution < 1.29 is 14.7 Å². The minimum absolute atomic E-state index is 0.199. The Kier molecular flexibility index (Phi) is 6.33. The maximum absolute atomic E-state index is 12.7. The molecule has 0 fully saturated rings. The van der Waals surface area contributed by atoms with Crippen molar-refractivity contribution in [3.63, 3.8) is 0 Å². The maximum Gasteiger partial charge on any atom is 0.305 e. The second kappa shape index (κ2) is 9.09. The number of hydrogen-bond acceptors (Lipinski definition) is 6. The van der Waals surface area contributed by atoms with Crippen molar-refractivity contribution >= 4 is 23.6 Å². The monoisotopic (exact) mass is 394 g/mol. The van der Waals surface area contributed by atoms with Crippen LogP contribution in [0.15, 0.2) is 71.1 Å². The smallest absolute Gasteiger partial charge is 0.305 e. The molecule has 0 aliphatic rings. The molecule has 7 nitrogen and oxygen atoms in total. The summed E-state index contributed by atoms with van der Waals surface area (Å²) < 4.78 is 0. The van der Waals surface area contributed by atoms with Crippen LogP contribution in [-0.2, 0) is 4.79 Å². The normalized spacial score (nSPS) is 11.6. The molecule has 1 aromatic carbocycles. The van der Waals surface area contributed by atoms with Crippen LogP contribution in [-0.4, -0.2) is 31.9 Å². The van der Waals surface area contributed by atoms with E-state index in [2.05, 4.69) is 20.3 Å². The number of nitrogens with one attached hydrogen (secondary N) is 1. The van der Waals surface area contributed by atoms with Gasteiger partial charge in [-0.25, -0.2) is 9.97 Å². The molecule has 0 radical (unpaired) electrons. The average Bonchev–Trinajstić information content (AvgIpc) is 2.68. The molecule has 2 N–H and O–H groups in total. The number of rotatable bonds is 7. The predicted octanol–water partition coefficient (Wildman–Crippen LogP) is 3.28. The van der Waals surface area contributed by atoms with E-state index in [1.54, 1.807) is 30.6 Å². The van der Waals surface area contributed by atoms with Crippen molar-refractivity contribution in [2.75, 3.05) is 0 Å². The molecule has 0 aliphatic heterocycles. The van der Waals surface area contributed by atoms with Crippen LogP contribution in [0, 0.1) is 6.92 Å². The van der Waals surface area contributed by atoms with Crippen molar-refractivity contribution in [1.29, 1.82) is 0 Å². The van der Waals surface area contributed by atoms with Gasteiger partial charge in [0.1, 0.15) is 5.69 Å². The van der Waals surface area contributed by atoms with Crippen LogP contribution in [0.4, 0.5) is 0 Å². The van der Waals surface area contributed by atoms with Crippen molar-refractivity contribution in [2.45, 2.75) is 29.4 Å². The topological polar surface area (TPSA) is 105 Å². The number of carboxylic acids is 1. The molecule has 3 rings (SSSR count). The molecule has 0 spiro atoms. The van der Waals surface area contributed by atoms with E-state index in [4.69, 9.17) is 0 Å². The molecule has 1 atom stereocenters. The van der Waals surface area contributed by atoms with Crippen LogP contribution in [0.5, 0.6) is 0 Å². The number of pyridine rings is 1. The summed E-state index contributed by atoms with van der Waals surface area (Å²) in [6.07, 6.45) is 4.59. The fraction of sp³-hybridized carbons (Fsp3) is 0.150. The highest BCUT2D eigenvalue weighted by atomic mass is 32.2. The summed E-state index contributed by atoms with van der Waals surface area (Å²) >= 11 is 1.31. The Labute approximate surface area is 166 Å². The van der Waals surface area contributed by atoms with Gasteiger partial charge in [-0.1, -0.05) is 24.3 Å². The third kappa shape index (κ3) is 5.14. The van der Waals surface area contributed by atoms with Gasteiger partial charge in [0.15, 0.2) is 5.16 Å². The van der Waals surface area contributed by atoms with E-state index in [0.29, 0.717) is 5.16 Å². The number of aliphatic carboxylic acids is 1. The molecule has 8 heteroatoms. The summed E-state index contributed by atoms with van der Waals surface area (Å²) in [5.41, 5.74) is 1.87. The maximum atomic E-state index is 12.7. The first-order valence-corrected chi connectivity index (χ1v) is 9.33. The molecular weight excluding hydrogens is 376 g/mol. The lowest BCUT2D eigenvalue weighted by atomic mass is 9.98. The van der Waals surface area contributed by atoms with Gasteiger partial charge < -0.3 is 10.4 Å². The second-order valence-corrected chi connectivity index (χ2v) is 7.03. The molecule has 0 unspecified atom stereocenters. The van der Waals surface area contributed by atoms with Crippen molar-refractivity contribution in [1.82, 2.24) is 20.3 Å². The van der Waals surface area contributed by atoms with Gasteiger partial charge in [-0.3, -0.25) is 14.6 Å². The fourth-order valence-electron chi connectivity index (χ4n) is 2.67. The molecule has 0 aliphatic carbocycles. The Morgan fingerprint density at radius 3 is 2.54 bits per heavy atom. The summed E-state index contributed by atoms with van der Waals surface area (Å²) in [4.78, 5) is 37.2. The molecule has 1 amide bonds. The van der Waals surface area contributed by atoms with Gasteiger partial charge in [-0.05, 0) is 48.0 Å². The number of nitrogens with zero attached hydrogens (tertiary/aromatic N) is 3. The van der Waals surface area contributed by atoms with E-state index in [-0.39, 0.29) is 12.1 Å². The minimum Gasteiger partial charge on any atom is -0.481 e. The summed E-state index contributed by atoms with van der Waals surface area (Å²) in [7, 11) is 0. The number of hydrogen-bond donors (Lipinski definition) is 2. The van der Waals surface area contributed by atoms with E-state index in [1.165, 1.54) is 18.0 Å². The van der Waals surface area contributed by atoms with Gasteiger partial charge in [0.05, 0.1) is 12.5 Å². The lowest BCUT2D eigenvalue weighted by Gasteiger charge is -2.19. The largest absolute Gasteiger partial charge is 0.481 e. The predicted molar refractivity (Wildman–Crippen MR) is 104 cm³/mol. The number of carbonyl (C=O) groups is 2. The molecular formula is C20H18N4O3S. The van der Waals surface area contributed by atoms with Crippen LogP contribution < -0.4 is 5.32 Å². The molecule has 3 aromatic rings. The van der Waals surface area contributed by atoms with E-state index < -0.39 is 17.9 Å². The Morgan fingerprint density at radius 2 is 1.82 bits per heavy atom. The van der Waals surface area contributed by atoms with Gasteiger partial charge in [0.2, 0.25) is 0 Å². The highest BCUT2D eigenvalue weighted by Gasteiger charge is 2.21. The summed E-state index contributed by atoms with van der Waals surface area (Å²) in [6.45, 7) is 1.88. The van der Waals surface area contributed by atoms with Crippen LogP contribution in [0.25, 0.3) is 0 Å². The van der Waals surface area contributed by atoms with E-state index in [0.717, 1.165) is 16.0 Å². The Hall–Kier alpha value is -3.26. The zero-order valence-electron chi connectivity index (χ0n) is 15.1.